The van der Waals surface area contributed by atoms with Gasteiger partial charge in [0, 0.05) is 6.42 Å². The molecule has 0 aliphatic heterocycles. The number of nitrogens with zero attached hydrogens (tertiary/aromatic N) is 1. The molecule has 3 unspecified atom stereocenters. The fourth-order valence-electron chi connectivity index (χ4n) is 5.78. The predicted octanol–water partition coefficient (Wildman–Crippen LogP) is 11.1. The second-order valence-electron chi connectivity index (χ2n) is 15.7. The molecule has 0 saturated heterocycles. The van der Waals surface area contributed by atoms with E-state index in [1.165, 1.54) is 89.9 Å². The van der Waals surface area contributed by atoms with E-state index in [1.54, 1.807) is 6.08 Å². The molecule has 3 atom stereocenters. The summed E-state index contributed by atoms with van der Waals surface area (Å²) in [4.78, 5) is 25.2. The zero-order chi connectivity index (χ0) is 39.3. The summed E-state index contributed by atoms with van der Waals surface area (Å²) in [5.74, 6) is -0.224. The van der Waals surface area contributed by atoms with Gasteiger partial charge in [-0.05, 0) is 64.2 Å². The summed E-state index contributed by atoms with van der Waals surface area (Å²) in [5, 5.41) is 13.7. The Balaban J connectivity index is 4.55. The summed E-state index contributed by atoms with van der Waals surface area (Å²) < 4.78 is 23.1. The van der Waals surface area contributed by atoms with Crippen molar-refractivity contribution in [1.29, 1.82) is 0 Å². The molecule has 1 amide bonds. The van der Waals surface area contributed by atoms with Crippen LogP contribution in [0.1, 0.15) is 174 Å². The van der Waals surface area contributed by atoms with Gasteiger partial charge in [0.1, 0.15) is 13.2 Å². The van der Waals surface area contributed by atoms with Crippen molar-refractivity contribution in [3.05, 3.63) is 48.6 Å². The number of phosphoric ester groups is 1. The molecule has 9 heteroatoms. The molecular formula is C44H83N2O6P. The van der Waals surface area contributed by atoms with Crippen molar-refractivity contribution in [3.63, 3.8) is 0 Å². The molecule has 0 saturated carbocycles. The number of phosphoric acid groups is 1. The number of hydrogen-bond donors (Lipinski definition) is 2. The molecule has 0 radical (unpaired) electrons. The Labute approximate surface area is 327 Å². The largest absolute Gasteiger partial charge is 0.756 e. The van der Waals surface area contributed by atoms with E-state index >= 15 is 0 Å². The number of carbonyl (C=O) groups excluding carboxylic acids is 1. The van der Waals surface area contributed by atoms with E-state index in [0.29, 0.717) is 17.4 Å². The van der Waals surface area contributed by atoms with E-state index in [-0.39, 0.29) is 12.5 Å². The first-order valence-corrected chi connectivity index (χ1v) is 23.0. The van der Waals surface area contributed by atoms with Crippen LogP contribution in [-0.4, -0.2) is 68.5 Å². The third-order valence-electron chi connectivity index (χ3n) is 9.26. The summed E-state index contributed by atoms with van der Waals surface area (Å²) >= 11 is 0. The number of quaternary nitrogens is 1. The van der Waals surface area contributed by atoms with Gasteiger partial charge in [-0.3, -0.25) is 9.36 Å². The van der Waals surface area contributed by atoms with Crippen LogP contribution >= 0.6 is 7.82 Å². The second kappa shape index (κ2) is 36.1. The fourth-order valence-corrected chi connectivity index (χ4v) is 6.51. The summed E-state index contributed by atoms with van der Waals surface area (Å²) in [6, 6.07) is -0.909. The lowest BCUT2D eigenvalue weighted by Crippen LogP contribution is -2.45. The molecule has 0 fully saturated rings. The number of aliphatic hydroxyl groups excluding tert-OH is 1. The van der Waals surface area contributed by atoms with Gasteiger partial charge in [0.15, 0.2) is 0 Å². The number of nitrogens with one attached hydrogen (secondary N) is 1. The van der Waals surface area contributed by atoms with E-state index in [4.69, 9.17) is 9.05 Å². The molecule has 2 N–H and O–H groups in total. The van der Waals surface area contributed by atoms with Crippen LogP contribution in [0.4, 0.5) is 0 Å². The van der Waals surface area contributed by atoms with Crippen LogP contribution in [0.2, 0.25) is 0 Å². The van der Waals surface area contributed by atoms with Gasteiger partial charge in [-0.2, -0.15) is 0 Å². The van der Waals surface area contributed by atoms with Gasteiger partial charge in [-0.25, -0.2) is 0 Å². The molecule has 0 aromatic heterocycles. The average Bonchev–Trinajstić information content (AvgIpc) is 3.10. The Morgan fingerprint density at radius 2 is 1.11 bits per heavy atom. The third-order valence-corrected chi connectivity index (χ3v) is 10.2. The van der Waals surface area contributed by atoms with E-state index < -0.39 is 26.6 Å². The lowest BCUT2D eigenvalue weighted by Gasteiger charge is -2.29. The Bertz CT molecular complexity index is 1010. The van der Waals surface area contributed by atoms with E-state index in [2.05, 4.69) is 55.6 Å². The number of amides is 1. The van der Waals surface area contributed by atoms with Gasteiger partial charge < -0.3 is 28.8 Å². The fraction of sp³-hybridized carbons (Fsp3) is 0.795. The highest BCUT2D eigenvalue weighted by Crippen LogP contribution is 2.38. The molecule has 310 valence electrons. The van der Waals surface area contributed by atoms with Crippen molar-refractivity contribution in [1.82, 2.24) is 5.32 Å². The van der Waals surface area contributed by atoms with Gasteiger partial charge in [0.25, 0.3) is 7.82 Å². The Hall–Kier alpha value is -1.54. The predicted molar refractivity (Wildman–Crippen MR) is 224 cm³/mol. The number of aliphatic hydroxyl groups is 1. The lowest BCUT2D eigenvalue weighted by molar-refractivity contribution is -0.870. The minimum atomic E-state index is -4.60. The molecule has 0 aromatic carbocycles. The number of carbonyl (C=O) groups is 1. The summed E-state index contributed by atoms with van der Waals surface area (Å²) in [6.07, 6.45) is 44.4. The summed E-state index contributed by atoms with van der Waals surface area (Å²) in [7, 11) is 1.23. The maximum atomic E-state index is 12.8. The highest BCUT2D eigenvalue weighted by Gasteiger charge is 2.23. The van der Waals surface area contributed by atoms with Crippen molar-refractivity contribution in [2.24, 2.45) is 0 Å². The van der Waals surface area contributed by atoms with Gasteiger partial charge in [-0.1, -0.05) is 152 Å². The molecule has 53 heavy (non-hydrogen) atoms. The van der Waals surface area contributed by atoms with Crippen LogP contribution in [0.5, 0.6) is 0 Å². The smallest absolute Gasteiger partial charge is 0.268 e. The van der Waals surface area contributed by atoms with Crippen LogP contribution in [0.15, 0.2) is 48.6 Å². The molecule has 8 nitrogen and oxygen atoms in total. The van der Waals surface area contributed by atoms with Gasteiger partial charge in [0.2, 0.25) is 5.91 Å². The Morgan fingerprint density at radius 1 is 0.660 bits per heavy atom. The lowest BCUT2D eigenvalue weighted by atomic mass is 10.1. The van der Waals surface area contributed by atoms with Crippen LogP contribution in [0.25, 0.3) is 0 Å². The number of rotatable bonds is 38. The van der Waals surface area contributed by atoms with Crippen LogP contribution in [0.3, 0.4) is 0 Å². The van der Waals surface area contributed by atoms with E-state index in [9.17, 15) is 19.4 Å². The molecule has 0 heterocycles. The molecule has 0 aromatic rings. The minimum Gasteiger partial charge on any atom is -0.756 e. The normalized spacial score (nSPS) is 14.9. The summed E-state index contributed by atoms with van der Waals surface area (Å²) in [5.41, 5.74) is 0. The molecule has 0 aliphatic rings. The topological polar surface area (TPSA) is 108 Å². The Morgan fingerprint density at radius 3 is 1.68 bits per heavy atom. The zero-order valence-electron chi connectivity index (χ0n) is 35.0. The van der Waals surface area contributed by atoms with Crippen LogP contribution in [0, 0.1) is 0 Å². The van der Waals surface area contributed by atoms with Crippen molar-refractivity contribution in [2.45, 2.75) is 187 Å². The average molecular weight is 767 g/mol. The SMILES string of the molecule is CCCCC/C=C\C/C=C\CCCCCCCC(=O)NC(COP(=O)([O-])OCC[N+](C)(C)C)C(O)/C=C/CC/C=C/CCCCCCCCCCCC. The van der Waals surface area contributed by atoms with Crippen molar-refractivity contribution < 1.29 is 32.9 Å². The molecule has 0 spiro atoms. The summed E-state index contributed by atoms with van der Waals surface area (Å²) in [6.45, 7) is 4.57. The molecule has 0 rings (SSSR count). The Kier molecular flexibility index (Phi) is 35.1. The molecule has 0 aliphatic carbocycles. The maximum absolute atomic E-state index is 12.8. The van der Waals surface area contributed by atoms with Crippen molar-refractivity contribution >= 4 is 13.7 Å². The van der Waals surface area contributed by atoms with Gasteiger partial charge >= 0.3 is 0 Å². The zero-order valence-corrected chi connectivity index (χ0v) is 35.8. The first kappa shape index (κ1) is 51.5. The van der Waals surface area contributed by atoms with Gasteiger partial charge in [-0.15, -0.1) is 0 Å². The monoisotopic (exact) mass is 767 g/mol. The maximum Gasteiger partial charge on any atom is 0.268 e. The first-order valence-electron chi connectivity index (χ1n) is 21.5. The van der Waals surface area contributed by atoms with Crippen LogP contribution in [-0.2, 0) is 18.4 Å². The standard InChI is InChI=1S/C44H83N2O6P/c1-6-8-10-12-14-16-18-20-22-24-25-27-29-31-33-35-37-43(47)42(41-52-53(49,50)51-40-39-46(3,4)5)45-44(48)38-36-34-32-30-28-26-23-21-19-17-15-13-11-9-7-2/h15,17,21,23,27,29,35,37,42-43,47H,6-14,16,18-20,22,24-26,28,30-34,36,38-41H2,1-5H3,(H-,45,48,49,50)/b17-15-,23-21-,29-27+,37-35+. The van der Waals surface area contributed by atoms with Crippen molar-refractivity contribution in [2.75, 3.05) is 40.9 Å². The van der Waals surface area contributed by atoms with Crippen LogP contribution < -0.4 is 10.2 Å². The third kappa shape index (κ3) is 38.5. The number of allylic oxidation sites excluding steroid dienone is 7. The first-order chi connectivity index (χ1) is 25.5. The quantitative estimate of drug-likeness (QED) is 0.0280. The van der Waals surface area contributed by atoms with E-state index in [1.807, 2.05) is 27.2 Å². The number of unbranched alkanes of at least 4 members (excludes halogenated alkanes) is 19. The minimum absolute atomic E-state index is 0.0106. The van der Waals surface area contributed by atoms with Gasteiger partial charge in [0.05, 0.1) is 39.9 Å². The molecule has 0 bridgehead atoms. The highest BCUT2D eigenvalue weighted by atomic mass is 31.2. The van der Waals surface area contributed by atoms with Crippen molar-refractivity contribution in [3.8, 4) is 0 Å². The van der Waals surface area contributed by atoms with E-state index in [0.717, 1.165) is 64.2 Å². The second-order valence-corrected chi connectivity index (χ2v) is 17.1. The highest BCUT2D eigenvalue weighted by molar-refractivity contribution is 7.45. The number of likely N-dealkylation sites (N-methyl/N-ethyl adjacent to an activating group) is 1. The molecular weight excluding hydrogens is 683 g/mol. The number of hydrogen-bond acceptors (Lipinski definition) is 6.